The molecule has 0 radical (unpaired) electrons. The molecule has 3 rings (SSSR count). The molecular formula is C16H19ClN2O. The Balaban J connectivity index is 1.70. The number of nitrogens with one attached hydrogen (secondary N) is 1. The predicted molar refractivity (Wildman–Crippen MR) is 81.9 cm³/mol. The molecule has 1 saturated carbocycles. The van der Waals surface area contributed by atoms with Crippen molar-refractivity contribution in [2.45, 2.75) is 25.8 Å². The number of allylic oxidation sites excluding steroid dienone is 2. The quantitative estimate of drug-likeness (QED) is 0.835. The number of hydrogen-bond donors (Lipinski definition) is 2. The van der Waals surface area contributed by atoms with Crippen molar-refractivity contribution in [1.29, 1.82) is 0 Å². The highest BCUT2D eigenvalue weighted by molar-refractivity contribution is 6.34. The van der Waals surface area contributed by atoms with E-state index in [0.29, 0.717) is 28.5 Å². The third-order valence-corrected chi connectivity index (χ3v) is 4.91. The Morgan fingerprint density at radius 2 is 2.20 bits per heavy atom. The van der Waals surface area contributed by atoms with Gasteiger partial charge in [-0.3, -0.25) is 4.79 Å². The van der Waals surface area contributed by atoms with Crippen molar-refractivity contribution in [3.8, 4) is 0 Å². The lowest BCUT2D eigenvalue weighted by atomic mass is 9.87. The molecule has 0 saturated heterocycles. The van der Waals surface area contributed by atoms with Crippen LogP contribution in [0.5, 0.6) is 0 Å². The van der Waals surface area contributed by atoms with Gasteiger partial charge in [0.2, 0.25) is 5.91 Å². The van der Waals surface area contributed by atoms with Crippen LogP contribution in [0.1, 0.15) is 30.1 Å². The Morgan fingerprint density at radius 3 is 2.75 bits per heavy atom. The highest BCUT2D eigenvalue weighted by atomic mass is 35.5. The molecule has 20 heavy (non-hydrogen) atoms. The van der Waals surface area contributed by atoms with E-state index in [0.717, 1.165) is 11.6 Å². The first kappa shape index (κ1) is 13.5. The van der Waals surface area contributed by atoms with Crippen molar-refractivity contribution in [2.75, 3.05) is 5.32 Å². The molecule has 2 aliphatic rings. The maximum absolute atomic E-state index is 11.2. The van der Waals surface area contributed by atoms with Crippen molar-refractivity contribution < 1.29 is 4.79 Å². The van der Waals surface area contributed by atoms with Crippen LogP contribution in [0.2, 0.25) is 5.02 Å². The van der Waals surface area contributed by atoms with Crippen LogP contribution >= 0.6 is 11.6 Å². The molecule has 0 aromatic heterocycles. The van der Waals surface area contributed by atoms with Gasteiger partial charge in [0, 0.05) is 11.7 Å². The molecule has 3 nitrogen and oxygen atoms in total. The molecule has 4 heteroatoms. The number of anilines is 1. The number of nitrogens with two attached hydrogens (primary N) is 1. The maximum atomic E-state index is 11.2. The molecule has 4 atom stereocenters. The van der Waals surface area contributed by atoms with Gasteiger partial charge in [-0.15, -0.1) is 0 Å². The summed E-state index contributed by atoms with van der Waals surface area (Å²) < 4.78 is 0. The van der Waals surface area contributed by atoms with Crippen molar-refractivity contribution in [3.05, 3.63) is 40.9 Å². The van der Waals surface area contributed by atoms with Gasteiger partial charge in [0.05, 0.1) is 10.6 Å². The standard InChI is InChI=1S/C16H19ClN2O/c1-9(14-7-10-2-3-11(14)6-10)19-12-4-5-13(16(18)20)15(17)8-12/h2-5,8-11,14,19H,6-7H2,1H3,(H2,18,20). The van der Waals surface area contributed by atoms with Crippen molar-refractivity contribution in [1.82, 2.24) is 0 Å². The Kier molecular flexibility index (Phi) is 3.47. The van der Waals surface area contributed by atoms with Crippen molar-refractivity contribution in [2.24, 2.45) is 23.5 Å². The van der Waals surface area contributed by atoms with E-state index in [1.165, 1.54) is 12.8 Å². The summed E-state index contributed by atoms with van der Waals surface area (Å²) in [5.41, 5.74) is 6.57. The van der Waals surface area contributed by atoms with E-state index >= 15 is 0 Å². The fourth-order valence-electron chi connectivity index (χ4n) is 3.57. The summed E-state index contributed by atoms with van der Waals surface area (Å²) in [6.45, 7) is 2.22. The van der Waals surface area contributed by atoms with Crippen LogP contribution < -0.4 is 11.1 Å². The number of halogens is 1. The SMILES string of the molecule is CC(Nc1ccc(C(N)=O)c(Cl)c1)C1CC2C=CC1C2. The summed E-state index contributed by atoms with van der Waals surface area (Å²) in [5.74, 6) is 1.67. The molecule has 1 fully saturated rings. The minimum absolute atomic E-state index is 0.368. The average molecular weight is 291 g/mol. The zero-order valence-corrected chi connectivity index (χ0v) is 12.2. The van der Waals surface area contributed by atoms with E-state index in [1.54, 1.807) is 12.1 Å². The third-order valence-electron chi connectivity index (χ3n) is 4.60. The average Bonchev–Trinajstić information content (AvgIpc) is 3.00. The van der Waals surface area contributed by atoms with Crippen LogP contribution in [-0.4, -0.2) is 11.9 Å². The normalized spacial score (nSPS) is 28.6. The number of carbonyl (C=O) groups is 1. The number of benzene rings is 1. The van der Waals surface area contributed by atoms with Crippen LogP contribution in [0.15, 0.2) is 30.4 Å². The van der Waals surface area contributed by atoms with Crippen molar-refractivity contribution in [3.63, 3.8) is 0 Å². The molecule has 3 N–H and O–H groups in total. The minimum Gasteiger partial charge on any atom is -0.382 e. The van der Waals surface area contributed by atoms with Gasteiger partial charge in [-0.05, 0) is 55.7 Å². The lowest BCUT2D eigenvalue weighted by Crippen LogP contribution is -2.28. The van der Waals surface area contributed by atoms with Gasteiger partial charge in [0.15, 0.2) is 0 Å². The van der Waals surface area contributed by atoms with E-state index in [9.17, 15) is 4.79 Å². The maximum Gasteiger partial charge on any atom is 0.250 e. The van der Waals surface area contributed by atoms with Gasteiger partial charge in [0.1, 0.15) is 0 Å². The molecule has 2 bridgehead atoms. The number of hydrogen-bond acceptors (Lipinski definition) is 2. The molecule has 0 aliphatic heterocycles. The number of fused-ring (bicyclic) bond motifs is 2. The highest BCUT2D eigenvalue weighted by Crippen LogP contribution is 2.45. The van der Waals surface area contributed by atoms with E-state index in [2.05, 4.69) is 24.4 Å². The van der Waals surface area contributed by atoms with Crippen LogP contribution in [0.4, 0.5) is 5.69 Å². The van der Waals surface area contributed by atoms with E-state index in [-0.39, 0.29) is 0 Å². The zero-order valence-electron chi connectivity index (χ0n) is 11.5. The Morgan fingerprint density at radius 1 is 1.40 bits per heavy atom. The predicted octanol–water partition coefficient (Wildman–Crippen LogP) is 3.45. The fourth-order valence-corrected chi connectivity index (χ4v) is 3.85. The molecule has 2 aliphatic carbocycles. The van der Waals surface area contributed by atoms with E-state index in [1.807, 2.05) is 6.07 Å². The second-order valence-corrected chi connectivity index (χ2v) is 6.34. The highest BCUT2D eigenvalue weighted by Gasteiger charge is 2.38. The van der Waals surface area contributed by atoms with Gasteiger partial charge in [-0.1, -0.05) is 23.8 Å². The van der Waals surface area contributed by atoms with Crippen LogP contribution in [0.25, 0.3) is 0 Å². The van der Waals surface area contributed by atoms with Crippen molar-refractivity contribution >= 4 is 23.2 Å². The summed E-state index contributed by atoms with van der Waals surface area (Å²) in [6.07, 6.45) is 7.28. The Labute approximate surface area is 124 Å². The lowest BCUT2D eigenvalue weighted by Gasteiger charge is -2.27. The Hall–Kier alpha value is -1.48. The lowest BCUT2D eigenvalue weighted by molar-refractivity contribution is 0.100. The molecule has 1 aromatic carbocycles. The van der Waals surface area contributed by atoms with Gasteiger partial charge >= 0.3 is 0 Å². The van der Waals surface area contributed by atoms with Crippen LogP contribution in [0.3, 0.4) is 0 Å². The number of rotatable bonds is 4. The first-order valence-corrected chi connectivity index (χ1v) is 7.46. The summed E-state index contributed by atoms with van der Waals surface area (Å²) in [7, 11) is 0. The minimum atomic E-state index is -0.493. The first-order chi connectivity index (χ1) is 9.54. The Bertz CT molecular complexity index is 570. The van der Waals surface area contributed by atoms with Gasteiger partial charge in [-0.2, -0.15) is 0 Å². The molecule has 106 valence electrons. The summed E-state index contributed by atoms with van der Waals surface area (Å²) >= 11 is 6.08. The van der Waals surface area contributed by atoms with Crippen LogP contribution in [-0.2, 0) is 0 Å². The molecule has 0 spiro atoms. The largest absolute Gasteiger partial charge is 0.382 e. The van der Waals surface area contributed by atoms with Gasteiger partial charge in [-0.25, -0.2) is 0 Å². The third kappa shape index (κ3) is 2.42. The molecule has 4 unspecified atom stereocenters. The molecular weight excluding hydrogens is 272 g/mol. The van der Waals surface area contributed by atoms with Crippen LogP contribution in [0, 0.1) is 17.8 Å². The van der Waals surface area contributed by atoms with Gasteiger partial charge < -0.3 is 11.1 Å². The molecule has 1 amide bonds. The second kappa shape index (κ2) is 5.13. The topological polar surface area (TPSA) is 55.1 Å². The molecule has 0 heterocycles. The summed E-state index contributed by atoms with van der Waals surface area (Å²) in [6, 6.07) is 5.72. The smallest absolute Gasteiger partial charge is 0.250 e. The molecule has 1 aromatic rings. The summed E-state index contributed by atoms with van der Waals surface area (Å²) in [5, 5.41) is 3.91. The zero-order chi connectivity index (χ0) is 14.3. The number of carbonyl (C=O) groups excluding carboxylic acids is 1. The summed E-state index contributed by atoms with van der Waals surface area (Å²) in [4.78, 5) is 11.2. The first-order valence-electron chi connectivity index (χ1n) is 7.09. The number of primary amides is 1. The van der Waals surface area contributed by atoms with E-state index < -0.39 is 5.91 Å². The monoisotopic (exact) mass is 290 g/mol. The number of amides is 1. The second-order valence-electron chi connectivity index (χ2n) is 5.94. The van der Waals surface area contributed by atoms with E-state index in [4.69, 9.17) is 17.3 Å². The van der Waals surface area contributed by atoms with Gasteiger partial charge in [0.25, 0.3) is 0 Å². The fraction of sp³-hybridized carbons (Fsp3) is 0.438.